The molecule has 0 aliphatic heterocycles. The van der Waals surface area contributed by atoms with Crippen molar-refractivity contribution in [1.82, 2.24) is 0 Å². The molecule has 38 heavy (non-hydrogen) atoms. The van der Waals surface area contributed by atoms with Gasteiger partial charge in [-0.05, 0) is 59.3 Å². The van der Waals surface area contributed by atoms with Crippen LogP contribution in [0.15, 0.2) is 48.5 Å². The van der Waals surface area contributed by atoms with Gasteiger partial charge >= 0.3 is 5.54 Å². The molecule has 2 saturated carbocycles. The van der Waals surface area contributed by atoms with Crippen molar-refractivity contribution in [2.75, 3.05) is 0 Å². The summed E-state index contributed by atoms with van der Waals surface area (Å²) in [7, 11) is 0. The number of Topliss-reactive ketones (excluding diaryl/α,β-unsaturated/α-hetero) is 1. The van der Waals surface area contributed by atoms with Crippen molar-refractivity contribution < 1.29 is 14.8 Å². The van der Waals surface area contributed by atoms with Gasteiger partial charge in [0, 0.05) is 23.3 Å². The second-order valence-electron chi connectivity index (χ2n) is 13.2. The van der Waals surface area contributed by atoms with Gasteiger partial charge in [-0.3, -0.25) is 14.9 Å². The van der Waals surface area contributed by atoms with Gasteiger partial charge in [0.15, 0.2) is 0 Å². The molecule has 0 saturated heterocycles. The lowest BCUT2D eigenvalue weighted by Crippen LogP contribution is -2.50. The maximum Gasteiger partial charge on any atom is 0.304 e. The summed E-state index contributed by atoms with van der Waals surface area (Å²) in [6.45, 7) is 12.8. The molecule has 2 fully saturated rings. The zero-order chi connectivity index (χ0) is 28.4. The smallest absolute Gasteiger partial charge is 0.304 e. The molecule has 6 heteroatoms. The molecule has 0 amide bonds. The predicted octanol–water partition coefficient (Wildman–Crippen LogP) is 6.67. The first-order valence-corrected chi connectivity index (χ1v) is 14.0. The molecule has 208 valence electrons. The molecule has 2 aromatic rings. The van der Waals surface area contributed by atoms with E-state index < -0.39 is 17.2 Å². The maximum absolute atomic E-state index is 12.3. The molecule has 3 N–H and O–H groups in total. The van der Waals surface area contributed by atoms with Crippen LogP contribution in [0.1, 0.15) is 115 Å². The maximum atomic E-state index is 12.3. The molecule has 2 aromatic carbocycles. The van der Waals surface area contributed by atoms with E-state index in [1.807, 2.05) is 18.2 Å². The highest BCUT2D eigenvalue weighted by atomic mass is 16.6. The van der Waals surface area contributed by atoms with E-state index in [1.54, 1.807) is 6.07 Å². The molecule has 0 heterocycles. The van der Waals surface area contributed by atoms with Crippen molar-refractivity contribution in [1.29, 1.82) is 0 Å². The summed E-state index contributed by atoms with van der Waals surface area (Å²) >= 11 is 0. The number of aliphatic hydroxyl groups is 1. The van der Waals surface area contributed by atoms with Crippen LogP contribution >= 0.6 is 0 Å². The SMILES string of the molecule is CC(C)(C)c1cccc(C2(N)CCCCC2O)c1.CC(C)(C)c1cccc(C2([N+](=O)[O-])CCCCC2=O)c1. The molecule has 6 nitrogen and oxygen atoms in total. The van der Waals surface area contributed by atoms with Gasteiger partial charge in [-0.1, -0.05) is 96.8 Å². The third kappa shape index (κ3) is 6.18. The third-order valence-corrected chi connectivity index (χ3v) is 8.35. The number of nitrogens with two attached hydrogens (primary N) is 1. The van der Waals surface area contributed by atoms with Crippen LogP contribution in [0.2, 0.25) is 0 Å². The molecule has 0 radical (unpaired) electrons. The van der Waals surface area contributed by atoms with E-state index in [4.69, 9.17) is 5.73 Å². The van der Waals surface area contributed by atoms with Gasteiger partial charge < -0.3 is 10.8 Å². The first-order chi connectivity index (χ1) is 17.6. The minimum atomic E-state index is -1.53. The Balaban J connectivity index is 0.000000212. The molecule has 2 aliphatic rings. The topological polar surface area (TPSA) is 106 Å². The molecule has 4 rings (SSSR count). The lowest BCUT2D eigenvalue weighted by atomic mass is 9.73. The summed E-state index contributed by atoms with van der Waals surface area (Å²) in [5.41, 5.74) is 8.36. The average molecular weight is 523 g/mol. The number of hydrogen-bond acceptors (Lipinski definition) is 5. The molecule has 3 atom stereocenters. The van der Waals surface area contributed by atoms with Gasteiger partial charge in [-0.15, -0.1) is 0 Å². The largest absolute Gasteiger partial charge is 0.391 e. The molecule has 0 aromatic heterocycles. The van der Waals surface area contributed by atoms with Crippen LogP contribution in [-0.2, 0) is 26.7 Å². The zero-order valence-electron chi connectivity index (χ0n) is 24.0. The van der Waals surface area contributed by atoms with E-state index in [-0.39, 0.29) is 21.5 Å². The predicted molar refractivity (Wildman–Crippen MR) is 153 cm³/mol. The minimum Gasteiger partial charge on any atom is -0.391 e. The van der Waals surface area contributed by atoms with E-state index in [1.165, 1.54) is 5.56 Å². The highest BCUT2D eigenvalue weighted by Crippen LogP contribution is 2.39. The van der Waals surface area contributed by atoms with E-state index in [2.05, 4.69) is 65.8 Å². The quantitative estimate of drug-likeness (QED) is 0.346. The van der Waals surface area contributed by atoms with Crippen LogP contribution in [0.4, 0.5) is 0 Å². The van der Waals surface area contributed by atoms with Gasteiger partial charge in [0.05, 0.1) is 11.6 Å². The number of hydrogen-bond donors (Lipinski definition) is 2. The van der Waals surface area contributed by atoms with E-state index in [9.17, 15) is 20.0 Å². The Kier molecular flexibility index (Phi) is 8.89. The average Bonchev–Trinajstić information content (AvgIpc) is 2.86. The molecule has 2 aliphatic carbocycles. The Bertz CT molecular complexity index is 1150. The Morgan fingerprint density at radius 1 is 0.868 bits per heavy atom. The van der Waals surface area contributed by atoms with Gasteiger partial charge in [0.2, 0.25) is 5.78 Å². The summed E-state index contributed by atoms with van der Waals surface area (Å²) in [5.74, 6) is -0.250. The normalized spacial score (nSPS) is 26.3. The van der Waals surface area contributed by atoms with Crippen LogP contribution in [-0.4, -0.2) is 21.9 Å². The van der Waals surface area contributed by atoms with Gasteiger partial charge in [-0.2, -0.15) is 0 Å². The number of rotatable bonds is 3. The highest BCUT2D eigenvalue weighted by molar-refractivity contribution is 5.89. The number of aliphatic hydroxyl groups excluding tert-OH is 1. The highest BCUT2D eigenvalue weighted by Gasteiger charge is 2.53. The molecule has 0 bridgehead atoms. The van der Waals surface area contributed by atoms with Crippen LogP contribution < -0.4 is 5.73 Å². The van der Waals surface area contributed by atoms with Crippen LogP contribution in [0, 0.1) is 10.1 Å². The molecule has 0 spiro atoms. The van der Waals surface area contributed by atoms with E-state index >= 15 is 0 Å². The fraction of sp³-hybridized carbons (Fsp3) is 0.594. The number of nitro groups is 1. The van der Waals surface area contributed by atoms with Crippen molar-refractivity contribution in [3.63, 3.8) is 0 Å². The third-order valence-electron chi connectivity index (χ3n) is 8.35. The number of ketones is 1. The summed E-state index contributed by atoms with van der Waals surface area (Å²) in [5, 5.41) is 21.9. The zero-order valence-corrected chi connectivity index (χ0v) is 24.0. The standard InChI is InChI=1S/C16H21NO3.C16H25NO/c1-15(2,3)12-7-6-8-13(11-12)16(17(19)20)10-5-4-9-14(16)18;1-15(2,3)12-7-6-8-13(11-12)16(17)10-5-4-9-14(16)18/h6-8,11H,4-5,9-10H2,1-3H3;6-8,11,14,18H,4-5,9-10,17H2,1-3H3. The van der Waals surface area contributed by atoms with Crippen LogP contribution in [0.5, 0.6) is 0 Å². The molecular weight excluding hydrogens is 476 g/mol. The first kappa shape index (κ1) is 30.0. The van der Waals surface area contributed by atoms with Crippen molar-refractivity contribution in [3.8, 4) is 0 Å². The van der Waals surface area contributed by atoms with E-state index in [0.29, 0.717) is 18.4 Å². The number of carbonyl (C=O) groups excluding carboxylic acids is 1. The van der Waals surface area contributed by atoms with Gasteiger partial charge in [0.1, 0.15) is 0 Å². The molecular formula is C32H46N2O4. The van der Waals surface area contributed by atoms with E-state index in [0.717, 1.165) is 49.7 Å². The Hall–Kier alpha value is -2.57. The molecule has 3 unspecified atom stereocenters. The van der Waals surface area contributed by atoms with Crippen LogP contribution in [0.3, 0.4) is 0 Å². The second-order valence-corrected chi connectivity index (χ2v) is 13.2. The van der Waals surface area contributed by atoms with Gasteiger partial charge in [0.25, 0.3) is 0 Å². The Labute approximate surface area is 228 Å². The van der Waals surface area contributed by atoms with Crippen molar-refractivity contribution in [2.45, 2.75) is 121 Å². The Morgan fingerprint density at radius 2 is 1.39 bits per heavy atom. The van der Waals surface area contributed by atoms with Crippen molar-refractivity contribution in [3.05, 3.63) is 80.9 Å². The number of carbonyl (C=O) groups is 1. The monoisotopic (exact) mass is 522 g/mol. The first-order valence-electron chi connectivity index (χ1n) is 14.0. The van der Waals surface area contributed by atoms with Crippen molar-refractivity contribution >= 4 is 5.78 Å². The van der Waals surface area contributed by atoms with Crippen LogP contribution in [0.25, 0.3) is 0 Å². The lowest BCUT2D eigenvalue weighted by Gasteiger charge is -2.39. The number of nitrogens with zero attached hydrogens (tertiary/aromatic N) is 1. The lowest BCUT2D eigenvalue weighted by molar-refractivity contribution is -0.563. The Morgan fingerprint density at radius 3 is 1.89 bits per heavy atom. The fourth-order valence-electron chi connectivity index (χ4n) is 5.65. The summed E-state index contributed by atoms with van der Waals surface area (Å²) in [6.07, 6.45) is 5.57. The van der Waals surface area contributed by atoms with Gasteiger partial charge in [-0.25, -0.2) is 0 Å². The summed E-state index contributed by atoms with van der Waals surface area (Å²) < 4.78 is 0. The van der Waals surface area contributed by atoms with Crippen molar-refractivity contribution in [2.24, 2.45) is 5.73 Å². The second kappa shape index (κ2) is 11.3. The summed E-state index contributed by atoms with van der Waals surface area (Å²) in [4.78, 5) is 23.5. The number of benzene rings is 2. The minimum absolute atomic E-state index is 0.0918. The summed E-state index contributed by atoms with van der Waals surface area (Å²) in [6, 6.07) is 15.8. The fourth-order valence-corrected chi connectivity index (χ4v) is 5.65.